The number of nitrogens with zero attached hydrogens (tertiary/aromatic N) is 1. The van der Waals surface area contributed by atoms with Gasteiger partial charge < -0.3 is 4.74 Å². The number of carbonyl (C=O) groups is 1. The number of fused-ring (bicyclic) bond motifs is 1. The zero-order valence-corrected chi connectivity index (χ0v) is 14.1. The van der Waals surface area contributed by atoms with Crippen molar-refractivity contribution < 1.29 is 9.53 Å². The summed E-state index contributed by atoms with van der Waals surface area (Å²) in [6.45, 7) is 0. The first-order valence-electron chi connectivity index (χ1n) is 8.19. The number of aryl methyl sites for hydroxylation is 1. The predicted molar refractivity (Wildman–Crippen MR) is 101 cm³/mol. The average molecular weight is 332 g/mol. The number of nitrogens with one attached hydrogen (secondary N) is 1. The number of amides is 1. The number of benzene rings is 3. The van der Waals surface area contributed by atoms with Gasteiger partial charge in [0.2, 0.25) is 5.91 Å². The Hall–Kier alpha value is -3.14. The maximum atomic E-state index is 11.9. The van der Waals surface area contributed by atoms with Crippen molar-refractivity contribution in [3.63, 3.8) is 0 Å². The third-order valence-electron chi connectivity index (χ3n) is 4.01. The van der Waals surface area contributed by atoms with Crippen LogP contribution in [0, 0.1) is 0 Å². The van der Waals surface area contributed by atoms with Crippen molar-refractivity contribution in [3.05, 3.63) is 77.9 Å². The van der Waals surface area contributed by atoms with Gasteiger partial charge in [-0.05, 0) is 29.5 Å². The smallest absolute Gasteiger partial charge is 0.240 e. The highest BCUT2D eigenvalue weighted by Crippen LogP contribution is 2.27. The minimum absolute atomic E-state index is 0.0991. The van der Waals surface area contributed by atoms with E-state index in [9.17, 15) is 4.79 Å². The SMILES string of the molecule is COc1ccc(/C=N/NC(=O)CCc2ccccc2)c2ccccc12. The van der Waals surface area contributed by atoms with Crippen LogP contribution in [-0.4, -0.2) is 19.2 Å². The van der Waals surface area contributed by atoms with Gasteiger partial charge in [-0.3, -0.25) is 4.79 Å². The minimum Gasteiger partial charge on any atom is -0.496 e. The molecule has 0 saturated carbocycles. The number of hydrogen-bond donors (Lipinski definition) is 1. The molecule has 126 valence electrons. The molecule has 0 heterocycles. The van der Waals surface area contributed by atoms with Crippen LogP contribution in [0.5, 0.6) is 5.75 Å². The van der Waals surface area contributed by atoms with Gasteiger partial charge in [0.1, 0.15) is 5.75 Å². The van der Waals surface area contributed by atoms with Crippen molar-refractivity contribution in [1.82, 2.24) is 5.43 Å². The second kappa shape index (κ2) is 8.11. The van der Waals surface area contributed by atoms with Crippen LogP contribution < -0.4 is 10.2 Å². The van der Waals surface area contributed by atoms with Gasteiger partial charge in [-0.25, -0.2) is 5.43 Å². The quantitative estimate of drug-likeness (QED) is 0.549. The maximum absolute atomic E-state index is 11.9. The Balaban J connectivity index is 1.64. The van der Waals surface area contributed by atoms with Crippen LogP contribution in [0.4, 0.5) is 0 Å². The molecule has 0 atom stereocenters. The average Bonchev–Trinajstić information content (AvgIpc) is 2.67. The van der Waals surface area contributed by atoms with E-state index in [4.69, 9.17) is 4.74 Å². The fourth-order valence-electron chi connectivity index (χ4n) is 2.72. The van der Waals surface area contributed by atoms with E-state index in [1.807, 2.05) is 66.7 Å². The second-order valence-electron chi connectivity index (χ2n) is 5.68. The minimum atomic E-state index is -0.0991. The number of carbonyl (C=O) groups excluding carboxylic acids is 1. The Bertz CT molecular complexity index is 889. The summed E-state index contributed by atoms with van der Waals surface area (Å²) in [5.41, 5.74) is 4.67. The van der Waals surface area contributed by atoms with Crippen molar-refractivity contribution >= 4 is 22.9 Å². The lowest BCUT2D eigenvalue weighted by atomic mass is 10.0. The maximum Gasteiger partial charge on any atom is 0.240 e. The third kappa shape index (κ3) is 4.23. The van der Waals surface area contributed by atoms with E-state index < -0.39 is 0 Å². The molecule has 1 amide bonds. The van der Waals surface area contributed by atoms with E-state index in [1.54, 1.807) is 13.3 Å². The van der Waals surface area contributed by atoms with Crippen molar-refractivity contribution in [2.45, 2.75) is 12.8 Å². The molecule has 0 bridgehead atoms. The largest absolute Gasteiger partial charge is 0.496 e. The van der Waals surface area contributed by atoms with Gasteiger partial charge in [0.05, 0.1) is 13.3 Å². The number of rotatable bonds is 6. The van der Waals surface area contributed by atoms with Crippen molar-refractivity contribution in [1.29, 1.82) is 0 Å². The molecule has 3 aromatic carbocycles. The summed E-state index contributed by atoms with van der Waals surface area (Å²) in [5.74, 6) is 0.720. The first kappa shape index (κ1) is 16.7. The Kier molecular flexibility index (Phi) is 5.42. The molecule has 0 fully saturated rings. The summed E-state index contributed by atoms with van der Waals surface area (Å²) in [5, 5.41) is 6.14. The molecule has 1 N–H and O–H groups in total. The molecule has 0 aliphatic carbocycles. The van der Waals surface area contributed by atoms with E-state index in [0.29, 0.717) is 12.8 Å². The standard InChI is InChI=1S/C21H20N2O2/c1-25-20-13-12-17(18-9-5-6-10-19(18)20)15-22-23-21(24)14-11-16-7-3-2-4-8-16/h2-10,12-13,15H,11,14H2,1H3,(H,23,24)/b22-15+. The molecule has 0 spiro atoms. The molecule has 4 nitrogen and oxygen atoms in total. The predicted octanol–water partition coefficient (Wildman–Crippen LogP) is 3.93. The van der Waals surface area contributed by atoms with Crippen molar-refractivity contribution in [2.24, 2.45) is 5.10 Å². The summed E-state index contributed by atoms with van der Waals surface area (Å²) >= 11 is 0. The topological polar surface area (TPSA) is 50.7 Å². The molecule has 4 heteroatoms. The zero-order chi connectivity index (χ0) is 17.5. The van der Waals surface area contributed by atoms with Crippen LogP contribution >= 0.6 is 0 Å². The fourth-order valence-corrected chi connectivity index (χ4v) is 2.72. The highest BCUT2D eigenvalue weighted by Gasteiger charge is 2.05. The lowest BCUT2D eigenvalue weighted by molar-refractivity contribution is -0.121. The van der Waals surface area contributed by atoms with Gasteiger partial charge in [0, 0.05) is 17.4 Å². The molecular weight excluding hydrogens is 312 g/mol. The molecule has 0 unspecified atom stereocenters. The van der Waals surface area contributed by atoms with Gasteiger partial charge >= 0.3 is 0 Å². The Labute approximate surface area is 147 Å². The molecule has 0 saturated heterocycles. The van der Waals surface area contributed by atoms with E-state index >= 15 is 0 Å². The molecule has 3 aromatic rings. The normalized spacial score (nSPS) is 10.9. The summed E-state index contributed by atoms with van der Waals surface area (Å²) < 4.78 is 5.38. The van der Waals surface area contributed by atoms with E-state index in [2.05, 4.69) is 10.5 Å². The van der Waals surface area contributed by atoms with Crippen LogP contribution in [-0.2, 0) is 11.2 Å². The molecule has 0 aliphatic heterocycles. The summed E-state index contributed by atoms with van der Waals surface area (Å²) in [6.07, 6.45) is 2.78. The fraction of sp³-hybridized carbons (Fsp3) is 0.143. The highest BCUT2D eigenvalue weighted by molar-refractivity contribution is 6.02. The van der Waals surface area contributed by atoms with Crippen LogP contribution in [0.25, 0.3) is 10.8 Å². The lowest BCUT2D eigenvalue weighted by Crippen LogP contribution is -2.17. The second-order valence-corrected chi connectivity index (χ2v) is 5.68. The van der Waals surface area contributed by atoms with Gasteiger partial charge in [-0.15, -0.1) is 0 Å². The number of hydrogen-bond acceptors (Lipinski definition) is 3. The monoisotopic (exact) mass is 332 g/mol. The van der Waals surface area contributed by atoms with Crippen LogP contribution in [0.2, 0.25) is 0 Å². The number of methoxy groups -OCH3 is 1. The summed E-state index contributed by atoms with van der Waals surface area (Å²) in [7, 11) is 1.66. The van der Waals surface area contributed by atoms with Gasteiger partial charge in [-0.1, -0.05) is 54.6 Å². The van der Waals surface area contributed by atoms with Crippen LogP contribution in [0.3, 0.4) is 0 Å². The molecule has 0 aliphatic rings. The molecule has 3 rings (SSSR count). The molecule has 0 radical (unpaired) electrons. The summed E-state index contributed by atoms with van der Waals surface area (Å²) in [4.78, 5) is 11.9. The van der Waals surface area contributed by atoms with Crippen LogP contribution in [0.1, 0.15) is 17.5 Å². The van der Waals surface area contributed by atoms with Crippen molar-refractivity contribution in [3.8, 4) is 5.75 Å². The van der Waals surface area contributed by atoms with E-state index in [0.717, 1.165) is 27.6 Å². The van der Waals surface area contributed by atoms with Gasteiger partial charge in [-0.2, -0.15) is 5.10 Å². The lowest BCUT2D eigenvalue weighted by Gasteiger charge is -2.07. The number of ether oxygens (including phenoxy) is 1. The third-order valence-corrected chi connectivity index (χ3v) is 4.01. The Morgan fingerprint density at radius 1 is 1.00 bits per heavy atom. The molecular formula is C21H20N2O2. The Morgan fingerprint density at radius 2 is 1.72 bits per heavy atom. The first-order valence-corrected chi connectivity index (χ1v) is 8.19. The number of hydrazone groups is 1. The van der Waals surface area contributed by atoms with E-state index in [-0.39, 0.29) is 5.91 Å². The van der Waals surface area contributed by atoms with E-state index in [1.165, 1.54) is 0 Å². The highest BCUT2D eigenvalue weighted by atomic mass is 16.5. The molecule has 25 heavy (non-hydrogen) atoms. The molecule has 0 aromatic heterocycles. The van der Waals surface area contributed by atoms with Crippen molar-refractivity contribution in [2.75, 3.05) is 7.11 Å². The van der Waals surface area contributed by atoms with Gasteiger partial charge in [0.15, 0.2) is 0 Å². The zero-order valence-electron chi connectivity index (χ0n) is 14.1. The summed E-state index contributed by atoms with van der Waals surface area (Å²) in [6, 6.07) is 21.7. The Morgan fingerprint density at radius 3 is 2.48 bits per heavy atom. The first-order chi connectivity index (χ1) is 12.3. The van der Waals surface area contributed by atoms with Crippen LogP contribution in [0.15, 0.2) is 71.8 Å². The van der Waals surface area contributed by atoms with Gasteiger partial charge in [0.25, 0.3) is 0 Å².